The third kappa shape index (κ3) is 12.0. The van der Waals surface area contributed by atoms with Gasteiger partial charge in [-0.25, -0.2) is 4.79 Å². The molecule has 2 aromatic carbocycles. The normalized spacial score (nSPS) is 13.8. The number of amides is 4. The van der Waals surface area contributed by atoms with E-state index < -0.39 is 47.9 Å². The van der Waals surface area contributed by atoms with Gasteiger partial charge in [-0.3, -0.25) is 19.2 Å². The lowest BCUT2D eigenvalue weighted by Gasteiger charge is -2.26. The Morgan fingerprint density at radius 2 is 1.22 bits per heavy atom. The Morgan fingerprint density at radius 1 is 0.756 bits per heavy atom. The summed E-state index contributed by atoms with van der Waals surface area (Å²) in [6.07, 6.45) is 3.20. The van der Waals surface area contributed by atoms with Crippen LogP contribution in [0.15, 0.2) is 60.7 Å². The highest BCUT2D eigenvalue weighted by Gasteiger charge is 2.31. The Kier molecular flexibility index (Phi) is 14.4. The van der Waals surface area contributed by atoms with Gasteiger partial charge >= 0.3 is 5.97 Å². The zero-order valence-corrected chi connectivity index (χ0v) is 24.5. The third-order valence-corrected chi connectivity index (χ3v) is 6.99. The number of hydrogen-bond acceptors (Lipinski definition) is 6. The highest BCUT2D eigenvalue weighted by Crippen LogP contribution is 2.10. The van der Waals surface area contributed by atoms with Crippen LogP contribution in [0.3, 0.4) is 0 Å². The van der Waals surface area contributed by atoms with Crippen LogP contribution in [-0.4, -0.2) is 71.4 Å². The van der Waals surface area contributed by atoms with Gasteiger partial charge < -0.3 is 26.4 Å². The summed E-state index contributed by atoms with van der Waals surface area (Å²) in [5, 5.41) is 20.4. The summed E-state index contributed by atoms with van der Waals surface area (Å²) in [5.74, 6) is -2.26. The molecule has 0 heterocycles. The Labute approximate surface area is 245 Å². The molecule has 0 saturated carbocycles. The molecule has 0 spiro atoms. The van der Waals surface area contributed by atoms with E-state index in [-0.39, 0.29) is 18.8 Å². The van der Waals surface area contributed by atoms with Crippen molar-refractivity contribution in [2.75, 3.05) is 12.0 Å². The number of hydrogen-bond donors (Lipinski definition) is 5. The first kappa shape index (κ1) is 33.3. The highest BCUT2D eigenvalue weighted by molar-refractivity contribution is 7.98. The van der Waals surface area contributed by atoms with Crippen molar-refractivity contribution in [3.63, 3.8) is 0 Å². The molecule has 0 aliphatic carbocycles. The van der Waals surface area contributed by atoms with E-state index in [1.54, 1.807) is 48.5 Å². The molecule has 4 amide bonds. The molecule has 41 heavy (non-hydrogen) atoms. The SMILES string of the molecule is CSCC[C@H](NC=O)C(=O)N[C@@H](CC(C)C)C(=O)N[C@@H](Cc1ccccc1)C(=O)N[C@@H](Cc1ccccc1)C(=O)O. The number of carbonyl (C=O) groups is 5. The van der Waals surface area contributed by atoms with Gasteiger partial charge in [0, 0.05) is 12.8 Å². The number of benzene rings is 2. The maximum atomic E-state index is 13.5. The fourth-order valence-electron chi connectivity index (χ4n) is 4.24. The molecular formula is C30H40N4O6S. The van der Waals surface area contributed by atoms with Crippen molar-refractivity contribution in [3.8, 4) is 0 Å². The van der Waals surface area contributed by atoms with Crippen molar-refractivity contribution in [2.24, 2.45) is 5.92 Å². The number of carboxylic acids is 1. The summed E-state index contributed by atoms with van der Waals surface area (Å²) in [7, 11) is 0. The van der Waals surface area contributed by atoms with Gasteiger partial charge in [-0.1, -0.05) is 74.5 Å². The van der Waals surface area contributed by atoms with Gasteiger partial charge in [-0.2, -0.15) is 11.8 Å². The van der Waals surface area contributed by atoms with E-state index in [4.69, 9.17) is 0 Å². The van der Waals surface area contributed by atoms with Crippen LogP contribution < -0.4 is 21.3 Å². The first-order valence-corrected chi connectivity index (χ1v) is 14.9. The standard InChI is InChI=1S/C30H40N4O6S/c1-20(2)16-24(32-27(36)23(31-19-35)14-15-41-3)28(37)33-25(17-21-10-6-4-7-11-21)29(38)34-26(30(39)40)18-22-12-8-5-9-13-22/h4-13,19-20,23-26H,14-18H2,1-3H3,(H,31,35)(H,32,36)(H,33,37)(H,34,38)(H,39,40)/t23-,24-,25-,26-/m0/s1. The number of rotatable bonds is 18. The minimum Gasteiger partial charge on any atom is -0.480 e. The fraction of sp³-hybridized carbons (Fsp3) is 0.433. The molecule has 0 fully saturated rings. The van der Waals surface area contributed by atoms with E-state index in [0.717, 1.165) is 11.1 Å². The fourth-order valence-corrected chi connectivity index (χ4v) is 4.71. The quantitative estimate of drug-likeness (QED) is 0.168. The Balaban J connectivity index is 2.25. The van der Waals surface area contributed by atoms with Crippen LogP contribution in [-0.2, 0) is 36.8 Å². The van der Waals surface area contributed by atoms with Crippen LogP contribution in [0.25, 0.3) is 0 Å². The van der Waals surface area contributed by atoms with Gasteiger partial charge in [0.15, 0.2) is 0 Å². The molecule has 11 heteroatoms. The Morgan fingerprint density at radius 3 is 1.71 bits per heavy atom. The number of nitrogens with one attached hydrogen (secondary N) is 4. The van der Waals surface area contributed by atoms with Crippen LogP contribution in [0.5, 0.6) is 0 Å². The number of thioether (sulfide) groups is 1. The van der Waals surface area contributed by atoms with Crippen molar-refractivity contribution in [3.05, 3.63) is 71.8 Å². The lowest BCUT2D eigenvalue weighted by atomic mass is 10.00. The molecule has 5 N–H and O–H groups in total. The van der Waals surface area contributed by atoms with Crippen LogP contribution >= 0.6 is 11.8 Å². The second-order valence-corrected chi connectivity index (χ2v) is 11.1. The topological polar surface area (TPSA) is 154 Å². The summed E-state index contributed by atoms with van der Waals surface area (Å²) in [6, 6.07) is 13.9. The summed E-state index contributed by atoms with van der Waals surface area (Å²) < 4.78 is 0. The van der Waals surface area contributed by atoms with Crippen LogP contribution in [0.1, 0.15) is 37.8 Å². The molecule has 0 aliphatic rings. The molecule has 2 aromatic rings. The van der Waals surface area contributed by atoms with Crippen molar-refractivity contribution in [2.45, 2.75) is 63.7 Å². The largest absolute Gasteiger partial charge is 0.480 e. The van der Waals surface area contributed by atoms with Gasteiger partial charge in [0.1, 0.15) is 24.2 Å². The molecule has 0 bridgehead atoms. The van der Waals surface area contributed by atoms with E-state index in [2.05, 4.69) is 21.3 Å². The number of carboxylic acid groups (broad SMARTS) is 1. The van der Waals surface area contributed by atoms with Crippen molar-refractivity contribution >= 4 is 41.9 Å². The maximum absolute atomic E-state index is 13.5. The summed E-state index contributed by atoms with van der Waals surface area (Å²) in [6.45, 7) is 3.80. The molecule has 0 unspecified atom stereocenters. The van der Waals surface area contributed by atoms with E-state index >= 15 is 0 Å². The lowest BCUT2D eigenvalue weighted by molar-refractivity contribution is -0.142. The van der Waals surface area contributed by atoms with Crippen molar-refractivity contribution in [1.82, 2.24) is 21.3 Å². The predicted molar refractivity (Wildman–Crippen MR) is 159 cm³/mol. The van der Waals surface area contributed by atoms with Gasteiger partial charge in [-0.05, 0) is 41.9 Å². The van der Waals surface area contributed by atoms with Crippen LogP contribution in [0, 0.1) is 5.92 Å². The van der Waals surface area contributed by atoms with Crippen molar-refractivity contribution < 1.29 is 29.1 Å². The highest BCUT2D eigenvalue weighted by atomic mass is 32.2. The minimum absolute atomic E-state index is 0.0263. The smallest absolute Gasteiger partial charge is 0.326 e. The maximum Gasteiger partial charge on any atom is 0.326 e. The molecule has 0 saturated heterocycles. The first-order valence-electron chi connectivity index (χ1n) is 13.5. The average molecular weight is 585 g/mol. The third-order valence-electron chi connectivity index (χ3n) is 6.35. The summed E-state index contributed by atoms with van der Waals surface area (Å²) in [4.78, 5) is 63.0. The van der Waals surface area contributed by atoms with E-state index in [1.807, 2.05) is 32.2 Å². The van der Waals surface area contributed by atoms with Gasteiger partial charge in [0.05, 0.1) is 0 Å². The van der Waals surface area contributed by atoms with Gasteiger partial charge in [0.25, 0.3) is 0 Å². The minimum atomic E-state index is -1.21. The van der Waals surface area contributed by atoms with Gasteiger partial charge in [-0.15, -0.1) is 0 Å². The predicted octanol–water partition coefficient (Wildman–Crippen LogP) is 1.92. The molecule has 0 aliphatic heterocycles. The lowest BCUT2D eigenvalue weighted by Crippen LogP contribution is -2.58. The molecule has 0 radical (unpaired) electrons. The van der Waals surface area contributed by atoms with Gasteiger partial charge in [0.2, 0.25) is 24.1 Å². The molecule has 2 rings (SSSR count). The number of aliphatic carboxylic acids is 1. The molecule has 10 nitrogen and oxygen atoms in total. The first-order chi connectivity index (χ1) is 19.6. The zero-order chi connectivity index (χ0) is 30.2. The summed E-state index contributed by atoms with van der Waals surface area (Å²) in [5.41, 5.74) is 1.50. The Bertz CT molecular complexity index is 1130. The van der Waals surface area contributed by atoms with E-state index in [0.29, 0.717) is 25.0 Å². The Hall–Kier alpha value is -3.86. The molecular weight excluding hydrogens is 544 g/mol. The molecule has 222 valence electrons. The average Bonchev–Trinajstić information content (AvgIpc) is 2.94. The van der Waals surface area contributed by atoms with E-state index in [1.165, 1.54) is 11.8 Å². The monoisotopic (exact) mass is 584 g/mol. The zero-order valence-electron chi connectivity index (χ0n) is 23.7. The molecule has 4 atom stereocenters. The van der Waals surface area contributed by atoms with Crippen LogP contribution in [0.2, 0.25) is 0 Å². The second kappa shape index (κ2) is 17.8. The van der Waals surface area contributed by atoms with Crippen molar-refractivity contribution in [1.29, 1.82) is 0 Å². The second-order valence-electron chi connectivity index (χ2n) is 10.1. The van der Waals surface area contributed by atoms with E-state index in [9.17, 15) is 29.1 Å². The summed E-state index contributed by atoms with van der Waals surface area (Å²) >= 11 is 1.53. The van der Waals surface area contributed by atoms with Crippen LogP contribution in [0.4, 0.5) is 0 Å². The number of carbonyl (C=O) groups excluding carboxylic acids is 4. The molecule has 0 aromatic heterocycles.